The lowest BCUT2D eigenvalue weighted by Crippen LogP contribution is -1.95. The third-order valence-electron chi connectivity index (χ3n) is 3.25. The summed E-state index contributed by atoms with van der Waals surface area (Å²) in [5.41, 5.74) is 2.41. The van der Waals surface area contributed by atoms with Crippen LogP contribution in [0.4, 0.5) is 0 Å². The average Bonchev–Trinajstić information content (AvgIpc) is 2.78. The molecule has 102 valence electrons. The van der Waals surface area contributed by atoms with Gasteiger partial charge in [-0.3, -0.25) is 0 Å². The Morgan fingerprint density at radius 3 is 2.45 bits per heavy atom. The predicted octanol–water partition coefficient (Wildman–Crippen LogP) is 6.95. The van der Waals surface area contributed by atoms with Gasteiger partial charge in [-0.1, -0.05) is 42.5 Å². The van der Waals surface area contributed by atoms with Gasteiger partial charge in [-0.2, -0.15) is 0 Å². The molecule has 2 aromatic carbocycles. The molecular weight excluding hydrogens is 420 g/mol. The fraction of sp³-hybridized carbons (Fsp3) is 0.125. The molecule has 3 aromatic rings. The minimum Gasteiger partial charge on any atom is -0.121 e. The van der Waals surface area contributed by atoms with E-state index in [0.29, 0.717) is 0 Å². The zero-order valence-electron chi connectivity index (χ0n) is 10.4. The summed E-state index contributed by atoms with van der Waals surface area (Å²) in [4.78, 5) is 0. The zero-order valence-corrected chi connectivity index (χ0v) is 15.2. The van der Waals surface area contributed by atoms with Crippen molar-refractivity contribution < 1.29 is 0 Å². The van der Waals surface area contributed by atoms with E-state index in [1.165, 1.54) is 16.3 Å². The third-order valence-corrected chi connectivity index (χ3v) is 6.02. The van der Waals surface area contributed by atoms with E-state index in [2.05, 4.69) is 80.4 Å². The first-order valence-corrected chi connectivity index (χ1v) is 9.04. The van der Waals surface area contributed by atoms with Crippen LogP contribution in [0, 0.1) is 0 Å². The van der Waals surface area contributed by atoms with Crippen LogP contribution in [0.2, 0.25) is 0 Å². The molecule has 0 N–H and O–H groups in total. The highest BCUT2D eigenvalue weighted by Crippen LogP contribution is 2.39. The molecule has 4 heteroatoms. The molecule has 0 aliphatic rings. The van der Waals surface area contributed by atoms with Gasteiger partial charge in [-0.15, -0.1) is 22.9 Å². The van der Waals surface area contributed by atoms with Gasteiger partial charge >= 0.3 is 0 Å². The molecule has 1 unspecified atom stereocenters. The van der Waals surface area contributed by atoms with Gasteiger partial charge in [-0.05, 0) is 66.2 Å². The molecule has 20 heavy (non-hydrogen) atoms. The van der Waals surface area contributed by atoms with Crippen LogP contribution in [0.25, 0.3) is 10.8 Å². The quantitative estimate of drug-likeness (QED) is 0.395. The Morgan fingerprint density at radius 2 is 1.75 bits per heavy atom. The van der Waals surface area contributed by atoms with E-state index in [1.54, 1.807) is 11.3 Å². The van der Waals surface area contributed by atoms with Crippen LogP contribution in [0.1, 0.15) is 16.5 Å². The molecule has 0 saturated carbocycles. The standard InChI is InChI=1S/C16H11Br2ClS/c17-15-9-13(16(18)20-15)14(19)8-10-5-6-11-3-1-2-4-12(11)7-10/h1-7,9,14H,8H2. The first-order chi connectivity index (χ1) is 9.63. The Morgan fingerprint density at radius 1 is 1.00 bits per heavy atom. The molecule has 1 heterocycles. The summed E-state index contributed by atoms with van der Waals surface area (Å²) in [5.74, 6) is 0. The second-order valence-corrected chi connectivity index (χ2v) is 8.91. The topological polar surface area (TPSA) is 0 Å². The van der Waals surface area contributed by atoms with E-state index < -0.39 is 0 Å². The van der Waals surface area contributed by atoms with Gasteiger partial charge in [0, 0.05) is 0 Å². The van der Waals surface area contributed by atoms with Crippen LogP contribution >= 0.6 is 54.8 Å². The first kappa shape index (κ1) is 14.6. The smallest absolute Gasteiger partial charge is 0.0757 e. The molecule has 0 nitrogen and oxygen atoms in total. The molecule has 1 atom stereocenters. The minimum absolute atomic E-state index is 0.0203. The molecule has 0 saturated heterocycles. The Balaban J connectivity index is 1.87. The van der Waals surface area contributed by atoms with Gasteiger partial charge in [0.25, 0.3) is 0 Å². The van der Waals surface area contributed by atoms with Gasteiger partial charge in [0.2, 0.25) is 0 Å². The molecular formula is C16H11Br2ClS. The Kier molecular flexibility index (Phi) is 4.51. The number of halogens is 3. The molecule has 0 aliphatic carbocycles. The van der Waals surface area contributed by atoms with Crippen molar-refractivity contribution in [3.05, 3.63) is 67.2 Å². The summed E-state index contributed by atoms with van der Waals surface area (Å²) in [7, 11) is 0. The Hall–Kier alpha value is -0.350. The average molecular weight is 431 g/mol. The summed E-state index contributed by atoms with van der Waals surface area (Å²) in [5, 5.41) is 2.51. The second kappa shape index (κ2) is 6.18. The molecule has 3 rings (SSSR count). The van der Waals surface area contributed by atoms with Crippen molar-refractivity contribution in [3.63, 3.8) is 0 Å². The van der Waals surface area contributed by atoms with Crippen molar-refractivity contribution in [1.82, 2.24) is 0 Å². The normalized spacial score (nSPS) is 12.8. The molecule has 0 spiro atoms. The highest BCUT2D eigenvalue weighted by atomic mass is 79.9. The van der Waals surface area contributed by atoms with E-state index in [0.717, 1.165) is 19.6 Å². The Bertz CT molecular complexity index is 751. The van der Waals surface area contributed by atoms with E-state index in [-0.39, 0.29) is 5.38 Å². The first-order valence-electron chi connectivity index (χ1n) is 6.20. The van der Waals surface area contributed by atoms with Crippen LogP contribution in [0.15, 0.2) is 56.1 Å². The lowest BCUT2D eigenvalue weighted by atomic mass is 10.0. The van der Waals surface area contributed by atoms with Gasteiger partial charge in [-0.25, -0.2) is 0 Å². The molecule has 0 fully saturated rings. The Labute approximate surface area is 144 Å². The highest BCUT2D eigenvalue weighted by molar-refractivity contribution is 9.12. The summed E-state index contributed by atoms with van der Waals surface area (Å²) in [6.45, 7) is 0. The fourth-order valence-corrected chi connectivity index (χ4v) is 5.77. The SMILES string of the molecule is ClC(Cc1ccc2ccccc2c1)c1cc(Br)sc1Br. The third kappa shape index (κ3) is 3.11. The van der Waals surface area contributed by atoms with Gasteiger partial charge in [0.15, 0.2) is 0 Å². The zero-order chi connectivity index (χ0) is 14.1. The summed E-state index contributed by atoms with van der Waals surface area (Å²) in [6, 6.07) is 17.0. The van der Waals surface area contributed by atoms with Crippen molar-refractivity contribution in [2.24, 2.45) is 0 Å². The number of fused-ring (bicyclic) bond motifs is 1. The van der Waals surface area contributed by atoms with Crippen molar-refractivity contribution in [3.8, 4) is 0 Å². The second-order valence-electron chi connectivity index (χ2n) is 4.63. The summed E-state index contributed by atoms with van der Waals surface area (Å²) < 4.78 is 2.20. The molecule has 1 aromatic heterocycles. The predicted molar refractivity (Wildman–Crippen MR) is 96.0 cm³/mol. The van der Waals surface area contributed by atoms with Crippen molar-refractivity contribution in [1.29, 1.82) is 0 Å². The van der Waals surface area contributed by atoms with E-state index in [9.17, 15) is 0 Å². The maximum absolute atomic E-state index is 6.57. The number of thiophene rings is 1. The molecule has 0 radical (unpaired) electrons. The van der Waals surface area contributed by atoms with E-state index in [4.69, 9.17) is 11.6 Å². The lowest BCUT2D eigenvalue weighted by molar-refractivity contribution is 0.922. The number of hydrogen-bond donors (Lipinski definition) is 0. The van der Waals surface area contributed by atoms with E-state index in [1.807, 2.05) is 0 Å². The number of benzene rings is 2. The number of hydrogen-bond acceptors (Lipinski definition) is 1. The van der Waals surface area contributed by atoms with Crippen molar-refractivity contribution in [2.45, 2.75) is 11.8 Å². The van der Waals surface area contributed by atoms with Crippen LogP contribution in [0.3, 0.4) is 0 Å². The molecule has 0 aliphatic heterocycles. The van der Waals surface area contributed by atoms with E-state index >= 15 is 0 Å². The van der Waals surface area contributed by atoms with Gasteiger partial charge in [0.1, 0.15) is 0 Å². The van der Waals surface area contributed by atoms with Crippen LogP contribution in [-0.4, -0.2) is 0 Å². The monoisotopic (exact) mass is 428 g/mol. The van der Waals surface area contributed by atoms with Gasteiger partial charge in [0.05, 0.1) is 12.9 Å². The lowest BCUT2D eigenvalue weighted by Gasteiger charge is -2.09. The maximum atomic E-state index is 6.57. The maximum Gasteiger partial charge on any atom is 0.0757 e. The van der Waals surface area contributed by atoms with Gasteiger partial charge < -0.3 is 0 Å². The van der Waals surface area contributed by atoms with Crippen molar-refractivity contribution >= 4 is 65.6 Å². The largest absolute Gasteiger partial charge is 0.121 e. The summed E-state index contributed by atoms with van der Waals surface area (Å²) >= 11 is 15.3. The number of rotatable bonds is 3. The number of alkyl halides is 1. The highest BCUT2D eigenvalue weighted by Gasteiger charge is 2.15. The summed E-state index contributed by atoms with van der Waals surface area (Å²) in [6.07, 6.45) is 0.828. The van der Waals surface area contributed by atoms with Crippen molar-refractivity contribution in [2.75, 3.05) is 0 Å². The van der Waals surface area contributed by atoms with Crippen LogP contribution < -0.4 is 0 Å². The van der Waals surface area contributed by atoms with Crippen LogP contribution in [-0.2, 0) is 6.42 Å². The minimum atomic E-state index is -0.0203. The molecule has 0 amide bonds. The van der Waals surface area contributed by atoms with Crippen LogP contribution in [0.5, 0.6) is 0 Å². The fourth-order valence-electron chi connectivity index (χ4n) is 2.25. The molecule has 0 bridgehead atoms.